The Balaban J connectivity index is 3.00. The summed E-state index contributed by atoms with van der Waals surface area (Å²) < 4.78 is 38.6. The SMILES string of the molecule is CNc1ccc(C(=O)NCC(C)(C)C)cc1C(F)(F)F. The van der Waals surface area contributed by atoms with Crippen molar-refractivity contribution in [2.24, 2.45) is 5.41 Å². The first-order chi connectivity index (χ1) is 9.04. The Labute approximate surface area is 116 Å². The van der Waals surface area contributed by atoms with Gasteiger partial charge in [0.2, 0.25) is 0 Å². The van der Waals surface area contributed by atoms with E-state index in [1.165, 1.54) is 19.2 Å². The van der Waals surface area contributed by atoms with E-state index in [1.54, 1.807) is 0 Å². The van der Waals surface area contributed by atoms with E-state index in [0.29, 0.717) is 6.54 Å². The van der Waals surface area contributed by atoms with Crippen LogP contribution in [0.1, 0.15) is 36.7 Å². The minimum Gasteiger partial charge on any atom is -0.388 e. The van der Waals surface area contributed by atoms with Crippen molar-refractivity contribution in [3.8, 4) is 0 Å². The fraction of sp³-hybridized carbons (Fsp3) is 0.500. The maximum Gasteiger partial charge on any atom is 0.418 e. The minimum atomic E-state index is -4.50. The zero-order chi connectivity index (χ0) is 15.6. The number of rotatable bonds is 3. The fourth-order valence-electron chi connectivity index (χ4n) is 1.59. The molecule has 0 radical (unpaired) electrons. The topological polar surface area (TPSA) is 41.1 Å². The Kier molecular flexibility index (Phi) is 4.68. The second-order valence-corrected chi connectivity index (χ2v) is 5.75. The zero-order valence-corrected chi connectivity index (χ0v) is 12.0. The van der Waals surface area contributed by atoms with E-state index >= 15 is 0 Å². The second kappa shape index (κ2) is 5.73. The maximum atomic E-state index is 12.9. The molecule has 112 valence electrons. The van der Waals surface area contributed by atoms with Gasteiger partial charge in [-0.25, -0.2) is 0 Å². The number of benzene rings is 1. The number of alkyl halides is 3. The zero-order valence-electron chi connectivity index (χ0n) is 12.0. The average molecular weight is 288 g/mol. The van der Waals surface area contributed by atoms with Crippen LogP contribution in [0.2, 0.25) is 0 Å². The van der Waals surface area contributed by atoms with Gasteiger partial charge in [-0.15, -0.1) is 0 Å². The lowest BCUT2D eigenvalue weighted by atomic mass is 9.97. The first-order valence-corrected chi connectivity index (χ1v) is 6.22. The molecule has 0 aromatic heterocycles. The maximum absolute atomic E-state index is 12.9. The van der Waals surface area contributed by atoms with Gasteiger partial charge in [0, 0.05) is 24.8 Å². The van der Waals surface area contributed by atoms with Crippen LogP contribution in [0.15, 0.2) is 18.2 Å². The van der Waals surface area contributed by atoms with Crippen molar-refractivity contribution in [3.63, 3.8) is 0 Å². The van der Waals surface area contributed by atoms with Gasteiger partial charge in [-0.1, -0.05) is 20.8 Å². The first kappa shape index (κ1) is 16.3. The first-order valence-electron chi connectivity index (χ1n) is 6.22. The predicted molar refractivity (Wildman–Crippen MR) is 72.8 cm³/mol. The van der Waals surface area contributed by atoms with E-state index in [4.69, 9.17) is 0 Å². The third kappa shape index (κ3) is 4.43. The van der Waals surface area contributed by atoms with Crippen molar-refractivity contribution in [2.75, 3.05) is 18.9 Å². The van der Waals surface area contributed by atoms with Gasteiger partial charge in [0.25, 0.3) is 5.91 Å². The van der Waals surface area contributed by atoms with Crippen LogP contribution in [0, 0.1) is 5.41 Å². The lowest BCUT2D eigenvalue weighted by Crippen LogP contribution is -2.32. The molecule has 1 aromatic carbocycles. The Morgan fingerprint density at radius 2 is 1.80 bits per heavy atom. The monoisotopic (exact) mass is 288 g/mol. The van der Waals surface area contributed by atoms with Crippen molar-refractivity contribution >= 4 is 11.6 Å². The molecule has 2 N–H and O–H groups in total. The number of carbonyl (C=O) groups is 1. The summed E-state index contributed by atoms with van der Waals surface area (Å²) in [6.07, 6.45) is -4.50. The smallest absolute Gasteiger partial charge is 0.388 e. The molecule has 0 bridgehead atoms. The summed E-state index contributed by atoms with van der Waals surface area (Å²) in [5.41, 5.74) is -1.03. The van der Waals surface area contributed by atoms with Gasteiger partial charge in [-0.05, 0) is 23.6 Å². The summed E-state index contributed by atoms with van der Waals surface area (Å²) in [5, 5.41) is 5.10. The number of amides is 1. The molecule has 0 fully saturated rings. The molecule has 0 aliphatic rings. The van der Waals surface area contributed by atoms with Gasteiger partial charge in [-0.2, -0.15) is 13.2 Å². The van der Waals surface area contributed by atoms with Crippen LogP contribution in [0.5, 0.6) is 0 Å². The van der Waals surface area contributed by atoms with Crippen LogP contribution in [0.25, 0.3) is 0 Å². The van der Waals surface area contributed by atoms with Crippen LogP contribution < -0.4 is 10.6 Å². The van der Waals surface area contributed by atoms with Crippen LogP contribution in [-0.2, 0) is 6.18 Å². The van der Waals surface area contributed by atoms with Crippen LogP contribution >= 0.6 is 0 Å². The molecule has 1 amide bonds. The summed E-state index contributed by atoms with van der Waals surface area (Å²) in [6, 6.07) is 3.50. The van der Waals surface area contributed by atoms with Crippen LogP contribution in [0.3, 0.4) is 0 Å². The van der Waals surface area contributed by atoms with E-state index in [0.717, 1.165) is 6.07 Å². The molecule has 0 heterocycles. The predicted octanol–water partition coefficient (Wildman–Crippen LogP) is 3.52. The Bertz CT molecular complexity index is 490. The van der Waals surface area contributed by atoms with E-state index in [9.17, 15) is 18.0 Å². The standard InChI is InChI=1S/C14H19F3N2O/c1-13(2,3)8-19-12(20)9-5-6-11(18-4)10(7-9)14(15,16)17/h5-7,18H,8H2,1-4H3,(H,19,20). The fourth-order valence-corrected chi connectivity index (χ4v) is 1.59. The second-order valence-electron chi connectivity index (χ2n) is 5.75. The molecule has 0 aliphatic carbocycles. The number of carbonyl (C=O) groups excluding carboxylic acids is 1. The molecule has 0 atom stereocenters. The van der Waals surface area contributed by atoms with Crippen LogP contribution in [0.4, 0.5) is 18.9 Å². The molecular formula is C14H19F3N2O. The highest BCUT2D eigenvalue weighted by Gasteiger charge is 2.34. The van der Waals surface area contributed by atoms with Crippen molar-refractivity contribution in [2.45, 2.75) is 26.9 Å². The lowest BCUT2D eigenvalue weighted by Gasteiger charge is -2.19. The van der Waals surface area contributed by atoms with E-state index in [-0.39, 0.29) is 16.7 Å². The van der Waals surface area contributed by atoms with Gasteiger partial charge >= 0.3 is 6.18 Å². The van der Waals surface area contributed by atoms with Crippen molar-refractivity contribution in [1.29, 1.82) is 0 Å². The summed E-state index contributed by atoms with van der Waals surface area (Å²) in [7, 11) is 1.41. The summed E-state index contributed by atoms with van der Waals surface area (Å²) in [6.45, 7) is 6.18. The number of hydrogen-bond acceptors (Lipinski definition) is 2. The number of hydrogen-bond donors (Lipinski definition) is 2. The molecule has 20 heavy (non-hydrogen) atoms. The summed E-state index contributed by atoms with van der Waals surface area (Å²) in [4.78, 5) is 11.9. The average Bonchev–Trinajstić information content (AvgIpc) is 2.33. The number of halogens is 3. The molecule has 0 saturated heterocycles. The van der Waals surface area contributed by atoms with E-state index in [1.807, 2.05) is 20.8 Å². The molecule has 0 spiro atoms. The normalized spacial score (nSPS) is 12.2. The Hall–Kier alpha value is -1.72. The number of anilines is 1. The van der Waals surface area contributed by atoms with Crippen molar-refractivity contribution in [3.05, 3.63) is 29.3 Å². The van der Waals surface area contributed by atoms with E-state index in [2.05, 4.69) is 10.6 Å². The van der Waals surface area contributed by atoms with Gasteiger partial charge in [0.15, 0.2) is 0 Å². The third-order valence-corrected chi connectivity index (χ3v) is 2.64. The number of nitrogens with one attached hydrogen (secondary N) is 2. The minimum absolute atomic E-state index is 0.000532. The molecule has 1 rings (SSSR count). The largest absolute Gasteiger partial charge is 0.418 e. The summed E-state index contributed by atoms with van der Waals surface area (Å²) >= 11 is 0. The van der Waals surface area contributed by atoms with E-state index < -0.39 is 17.6 Å². The van der Waals surface area contributed by atoms with Gasteiger partial charge in [0.1, 0.15) is 0 Å². The molecule has 6 heteroatoms. The lowest BCUT2D eigenvalue weighted by molar-refractivity contribution is -0.136. The van der Waals surface area contributed by atoms with Crippen molar-refractivity contribution in [1.82, 2.24) is 5.32 Å². The van der Waals surface area contributed by atoms with Crippen molar-refractivity contribution < 1.29 is 18.0 Å². The highest BCUT2D eigenvalue weighted by molar-refractivity contribution is 5.95. The quantitative estimate of drug-likeness (QED) is 0.893. The molecule has 3 nitrogen and oxygen atoms in total. The van der Waals surface area contributed by atoms with Crippen LogP contribution in [-0.4, -0.2) is 19.5 Å². The molecule has 1 aromatic rings. The third-order valence-electron chi connectivity index (χ3n) is 2.64. The van der Waals surface area contributed by atoms with Gasteiger partial charge in [-0.3, -0.25) is 4.79 Å². The molecule has 0 aliphatic heterocycles. The highest BCUT2D eigenvalue weighted by Crippen LogP contribution is 2.35. The Morgan fingerprint density at radius 1 is 1.20 bits per heavy atom. The summed E-state index contributed by atoms with van der Waals surface area (Å²) in [5.74, 6) is -0.506. The van der Waals surface area contributed by atoms with Gasteiger partial charge < -0.3 is 10.6 Å². The molecular weight excluding hydrogens is 269 g/mol. The highest BCUT2D eigenvalue weighted by atomic mass is 19.4. The molecule has 0 unspecified atom stereocenters. The van der Waals surface area contributed by atoms with Gasteiger partial charge in [0.05, 0.1) is 5.56 Å². The Morgan fingerprint density at radius 3 is 2.25 bits per heavy atom. The molecule has 0 saturated carbocycles.